The van der Waals surface area contributed by atoms with Crippen molar-refractivity contribution in [2.75, 3.05) is 10.6 Å². The van der Waals surface area contributed by atoms with Crippen LogP contribution in [-0.2, 0) is 4.79 Å². The van der Waals surface area contributed by atoms with Gasteiger partial charge in [-0.1, -0.05) is 23.2 Å². The molecule has 1 unspecified atom stereocenters. The SMILES string of the molecule is CC(Sc1ccc(NC(=O)c2ccc(F)cc2)cc1)C(=O)Nc1cc(Cl)cc(Cl)c1. The number of anilines is 2. The van der Waals surface area contributed by atoms with Crippen LogP contribution in [0.3, 0.4) is 0 Å². The van der Waals surface area contributed by atoms with E-state index in [0.717, 1.165) is 4.90 Å². The molecule has 3 rings (SSSR count). The highest BCUT2D eigenvalue weighted by Crippen LogP contribution is 2.27. The Morgan fingerprint density at radius 3 is 2.07 bits per heavy atom. The Hall–Kier alpha value is -2.54. The molecule has 0 aromatic heterocycles. The zero-order valence-corrected chi connectivity index (χ0v) is 18.1. The second kappa shape index (κ2) is 9.98. The number of benzene rings is 3. The Labute approximate surface area is 187 Å². The molecule has 154 valence electrons. The van der Waals surface area contributed by atoms with E-state index in [0.29, 0.717) is 27.0 Å². The van der Waals surface area contributed by atoms with Gasteiger partial charge < -0.3 is 10.6 Å². The standard InChI is InChI=1S/C22H17Cl2FN2O2S/c1-13(21(28)27-19-11-15(23)10-16(24)12-19)30-20-8-6-18(7-9-20)26-22(29)14-2-4-17(25)5-3-14/h2-13H,1H3,(H,26,29)(H,27,28). The van der Waals surface area contributed by atoms with Gasteiger partial charge in [-0.15, -0.1) is 11.8 Å². The Balaban J connectivity index is 1.57. The number of hydrogen-bond donors (Lipinski definition) is 2. The highest BCUT2D eigenvalue weighted by atomic mass is 35.5. The third kappa shape index (κ3) is 6.23. The maximum atomic E-state index is 13.0. The van der Waals surface area contributed by atoms with Crippen LogP contribution < -0.4 is 10.6 Å². The molecule has 0 fully saturated rings. The molecule has 0 aliphatic carbocycles. The molecule has 0 spiro atoms. The Bertz CT molecular complexity index is 1040. The van der Waals surface area contributed by atoms with Gasteiger partial charge >= 0.3 is 0 Å². The second-order valence-corrected chi connectivity index (χ2v) is 8.68. The molecule has 0 saturated carbocycles. The van der Waals surface area contributed by atoms with E-state index in [1.54, 1.807) is 37.3 Å². The van der Waals surface area contributed by atoms with Crippen LogP contribution in [0.4, 0.5) is 15.8 Å². The summed E-state index contributed by atoms with van der Waals surface area (Å²) in [5.41, 5.74) is 1.49. The second-order valence-electron chi connectivity index (χ2n) is 6.39. The molecule has 8 heteroatoms. The van der Waals surface area contributed by atoms with E-state index in [2.05, 4.69) is 10.6 Å². The lowest BCUT2D eigenvalue weighted by molar-refractivity contribution is -0.115. The molecule has 0 saturated heterocycles. The summed E-state index contributed by atoms with van der Waals surface area (Å²) in [6, 6.07) is 17.3. The van der Waals surface area contributed by atoms with Gasteiger partial charge in [0.2, 0.25) is 5.91 Å². The van der Waals surface area contributed by atoms with E-state index in [-0.39, 0.29) is 17.1 Å². The van der Waals surface area contributed by atoms with Crippen molar-refractivity contribution in [2.45, 2.75) is 17.1 Å². The lowest BCUT2D eigenvalue weighted by Gasteiger charge is -2.13. The van der Waals surface area contributed by atoms with Gasteiger partial charge in [0.05, 0.1) is 5.25 Å². The molecule has 0 aliphatic heterocycles. The first-order valence-corrected chi connectivity index (χ1v) is 10.5. The average Bonchev–Trinajstić information content (AvgIpc) is 2.69. The van der Waals surface area contributed by atoms with Crippen molar-refractivity contribution in [2.24, 2.45) is 0 Å². The fourth-order valence-corrected chi connectivity index (χ4v) is 3.94. The van der Waals surface area contributed by atoms with Crippen molar-refractivity contribution in [3.63, 3.8) is 0 Å². The van der Waals surface area contributed by atoms with Gasteiger partial charge in [0.25, 0.3) is 5.91 Å². The molecule has 3 aromatic rings. The normalized spacial score (nSPS) is 11.6. The molecule has 0 bridgehead atoms. The quantitative estimate of drug-likeness (QED) is 0.410. The number of carbonyl (C=O) groups is 2. The molecular formula is C22H17Cl2FN2O2S. The molecule has 30 heavy (non-hydrogen) atoms. The minimum absolute atomic E-state index is 0.188. The smallest absolute Gasteiger partial charge is 0.255 e. The summed E-state index contributed by atoms with van der Waals surface area (Å²) in [5.74, 6) is -0.917. The first-order valence-electron chi connectivity index (χ1n) is 8.91. The van der Waals surface area contributed by atoms with Crippen LogP contribution in [0, 0.1) is 5.82 Å². The number of thioether (sulfide) groups is 1. The van der Waals surface area contributed by atoms with Gasteiger partial charge in [0, 0.05) is 31.9 Å². The van der Waals surface area contributed by atoms with Crippen LogP contribution in [0.15, 0.2) is 71.6 Å². The van der Waals surface area contributed by atoms with Crippen molar-refractivity contribution in [1.82, 2.24) is 0 Å². The maximum absolute atomic E-state index is 13.0. The fourth-order valence-electron chi connectivity index (χ4n) is 2.55. The maximum Gasteiger partial charge on any atom is 0.255 e. The topological polar surface area (TPSA) is 58.2 Å². The number of halogens is 3. The first kappa shape index (κ1) is 22.2. The number of nitrogens with one attached hydrogen (secondary N) is 2. The Kier molecular flexibility index (Phi) is 7.37. The summed E-state index contributed by atoms with van der Waals surface area (Å²) in [7, 11) is 0. The molecule has 2 N–H and O–H groups in total. The van der Waals surface area contributed by atoms with Crippen LogP contribution in [0.5, 0.6) is 0 Å². The molecule has 1 atom stereocenters. The van der Waals surface area contributed by atoms with Crippen LogP contribution in [0.2, 0.25) is 10.0 Å². The highest BCUT2D eigenvalue weighted by molar-refractivity contribution is 8.00. The number of carbonyl (C=O) groups excluding carboxylic acids is 2. The molecule has 0 aliphatic rings. The number of amides is 2. The van der Waals surface area contributed by atoms with Crippen LogP contribution in [0.25, 0.3) is 0 Å². The van der Waals surface area contributed by atoms with E-state index in [1.807, 2.05) is 12.1 Å². The Morgan fingerprint density at radius 1 is 0.867 bits per heavy atom. The van der Waals surface area contributed by atoms with Gasteiger partial charge in [0.15, 0.2) is 0 Å². The van der Waals surface area contributed by atoms with Crippen molar-refractivity contribution < 1.29 is 14.0 Å². The summed E-state index contributed by atoms with van der Waals surface area (Å²) in [4.78, 5) is 25.5. The molecule has 3 aromatic carbocycles. The van der Waals surface area contributed by atoms with Crippen molar-refractivity contribution >= 4 is 58.2 Å². The molecule has 0 radical (unpaired) electrons. The largest absolute Gasteiger partial charge is 0.325 e. The molecule has 4 nitrogen and oxygen atoms in total. The first-order chi connectivity index (χ1) is 14.3. The minimum Gasteiger partial charge on any atom is -0.325 e. The van der Waals surface area contributed by atoms with Gasteiger partial charge in [-0.25, -0.2) is 4.39 Å². The van der Waals surface area contributed by atoms with Gasteiger partial charge in [0.1, 0.15) is 5.82 Å². The summed E-state index contributed by atoms with van der Waals surface area (Å²) in [6.45, 7) is 1.79. The summed E-state index contributed by atoms with van der Waals surface area (Å²) >= 11 is 13.3. The van der Waals surface area contributed by atoms with E-state index in [4.69, 9.17) is 23.2 Å². The molecular weight excluding hydrogens is 446 g/mol. The van der Waals surface area contributed by atoms with Crippen molar-refractivity contribution in [1.29, 1.82) is 0 Å². The number of hydrogen-bond acceptors (Lipinski definition) is 3. The lowest BCUT2D eigenvalue weighted by atomic mass is 10.2. The zero-order chi connectivity index (χ0) is 21.7. The predicted octanol–water partition coefficient (Wildman–Crippen LogP) is 6.50. The van der Waals surface area contributed by atoms with E-state index in [1.165, 1.54) is 36.0 Å². The van der Waals surface area contributed by atoms with Gasteiger partial charge in [-0.3, -0.25) is 9.59 Å². The van der Waals surface area contributed by atoms with E-state index < -0.39 is 5.82 Å². The van der Waals surface area contributed by atoms with Crippen molar-refractivity contribution in [3.8, 4) is 0 Å². The predicted molar refractivity (Wildman–Crippen MR) is 121 cm³/mol. The molecule has 0 heterocycles. The third-order valence-electron chi connectivity index (χ3n) is 4.03. The number of rotatable bonds is 6. The fraction of sp³-hybridized carbons (Fsp3) is 0.0909. The summed E-state index contributed by atoms with van der Waals surface area (Å²) < 4.78 is 13.0. The van der Waals surface area contributed by atoms with Gasteiger partial charge in [-0.2, -0.15) is 0 Å². The molecule has 2 amide bonds. The minimum atomic E-state index is -0.399. The van der Waals surface area contributed by atoms with E-state index in [9.17, 15) is 14.0 Å². The average molecular weight is 463 g/mol. The highest BCUT2D eigenvalue weighted by Gasteiger charge is 2.15. The van der Waals surface area contributed by atoms with Gasteiger partial charge in [-0.05, 0) is 73.7 Å². The summed E-state index contributed by atoms with van der Waals surface area (Å²) in [5, 5.41) is 6.05. The zero-order valence-electron chi connectivity index (χ0n) is 15.8. The summed E-state index contributed by atoms with van der Waals surface area (Å²) in [6.07, 6.45) is 0. The third-order valence-corrected chi connectivity index (χ3v) is 5.58. The lowest BCUT2D eigenvalue weighted by Crippen LogP contribution is -2.22. The van der Waals surface area contributed by atoms with Crippen LogP contribution >= 0.6 is 35.0 Å². The monoisotopic (exact) mass is 462 g/mol. The van der Waals surface area contributed by atoms with Crippen LogP contribution in [0.1, 0.15) is 17.3 Å². The van der Waals surface area contributed by atoms with Crippen LogP contribution in [-0.4, -0.2) is 17.1 Å². The Morgan fingerprint density at radius 2 is 1.47 bits per heavy atom. The van der Waals surface area contributed by atoms with Crippen molar-refractivity contribution in [3.05, 3.63) is 88.2 Å². The van der Waals surface area contributed by atoms with E-state index >= 15 is 0 Å².